The molecule has 0 aromatic carbocycles. The number of hydrogen-bond acceptors (Lipinski definition) is 0. The van der Waals surface area contributed by atoms with E-state index in [0.29, 0.717) is 0 Å². The van der Waals surface area contributed by atoms with Crippen LogP contribution in [0.3, 0.4) is 0 Å². The molecule has 0 bridgehead atoms. The quantitative estimate of drug-likeness (QED) is 0.212. The van der Waals surface area contributed by atoms with Gasteiger partial charge in [-0.25, -0.2) is 0 Å². The molecule has 0 amide bonds. The van der Waals surface area contributed by atoms with Crippen LogP contribution in [0.1, 0.15) is 700 Å². The van der Waals surface area contributed by atoms with E-state index in [1.807, 2.05) is 0 Å². The Morgan fingerprint density at radius 3 is 0.518 bits per heavy atom. The molecule has 0 saturated heterocycles. The van der Waals surface area contributed by atoms with Gasteiger partial charge in [0.1, 0.15) is 0 Å². The molecule has 0 aliphatic heterocycles. The van der Waals surface area contributed by atoms with Gasteiger partial charge in [-0.1, -0.05) is 566 Å². The van der Waals surface area contributed by atoms with Gasteiger partial charge in [-0.15, -0.1) is 0 Å². The minimum absolute atomic E-state index is 0.774. The van der Waals surface area contributed by atoms with E-state index >= 15 is 0 Å². The summed E-state index contributed by atoms with van der Waals surface area (Å²) in [5.41, 5.74) is 0.774. The standard InChI is InChI=1S/2C14H24.C12H20.C11H18.2C11H20.C9H16.C8H14.C8H16.2C7H12.C7H14.C6H10.C6H12.C5H8.C5H10/c1-3-7-13-11(5-1)9-10-12-6-2-4-8-14(12)13;1-2-6-12-10-14-8-4-3-7-13(14)9-11(12)5-1;1-3-9-4-2-6-11-8-7-10(5-1)12(9)11;1-3-8-4-2-6-10(8)11-7-9(11)5-1;1-11-8-4-2-6-10(11)7-3-5-9-11;1-2-6-10-8-4-5-9-11(10)7-3-1;1-2-5-9-7-3-6-8(9)4-1;1-3-7-5-2-6-8(7)4-1;1-2-4-6-8-7-5-3-1;1-2-6-4-5-7(6)3-1;1-2-4-7-5-6(7)3-1;1-2-4-6-7-5-3-1;1-2-5-4-6(5)3-1;1-2-4-6-5-3-1;1-2-5-3-4(1)5;1-2-4-5-3-1/h2*11-14H,1-10H2;9-12H,1-8H2;8-11H,1-7H2;10H,2-9H2,1H3;10-11H,1-9H2;8-9H,1-7H2;7-8H,1-6H2;1-8H2;2*6-7H,1-5H2;1-7H2;5-6H,1-4H2;1-6H2;4-5H,1-3H2;1-5H2/t;;;;;;8-,9+;;;2*6-,7+;;5-,6+;;4-,5+;. The van der Waals surface area contributed by atoms with Gasteiger partial charge in [0.05, 0.1) is 0 Å². The van der Waals surface area contributed by atoms with E-state index in [1.165, 1.54) is 438 Å². The van der Waals surface area contributed by atoms with E-state index in [2.05, 4.69) is 6.92 Å². The van der Waals surface area contributed by atoms with Crippen LogP contribution in [0.25, 0.3) is 0 Å². The molecule has 0 spiro atoms. The Bertz CT molecular complexity index is 2930. The van der Waals surface area contributed by atoms with Crippen molar-refractivity contribution in [3.05, 3.63) is 0 Å². The van der Waals surface area contributed by atoms with Gasteiger partial charge >= 0.3 is 0 Å². The molecule has 32 aliphatic rings. The first-order valence-corrected chi connectivity index (χ1v) is 69.9. The van der Waals surface area contributed by atoms with E-state index in [4.69, 9.17) is 0 Å². The molecule has 26 atom stereocenters. The zero-order valence-electron chi connectivity index (χ0n) is 95.8. The third-order valence-corrected chi connectivity index (χ3v) is 49.8. The fraction of sp³-hybridized carbons (Fsp3) is 1.00. The van der Waals surface area contributed by atoms with Crippen LogP contribution in [0, 0.1) is 189 Å². The highest BCUT2D eigenvalue weighted by atomic mass is 14.6. The predicted octanol–water partition coefficient (Wildman–Crippen LogP) is 46.5. The Morgan fingerprint density at radius 1 is 0.0993 bits per heavy atom. The van der Waals surface area contributed by atoms with Crippen molar-refractivity contribution in [2.75, 3.05) is 0 Å². The summed E-state index contributed by atoms with van der Waals surface area (Å²) < 4.78 is 0. The molecule has 0 nitrogen and oxygen atoms in total. The zero-order valence-corrected chi connectivity index (χ0v) is 95.8. The average molecular weight is 1950 g/mol. The maximum atomic E-state index is 2.54. The normalized spacial score (nSPS) is 43.5. The Hall–Kier alpha value is 0. The highest BCUT2D eigenvalue weighted by molar-refractivity contribution is 5.01. The van der Waals surface area contributed by atoms with Crippen LogP contribution < -0.4 is 0 Å². The van der Waals surface area contributed by atoms with Crippen LogP contribution in [-0.2, 0) is 0 Å². The summed E-state index contributed by atoms with van der Waals surface area (Å²) in [5, 5.41) is 0. The largest absolute Gasteiger partial charge is 0.0594 e. The molecule has 16 unspecified atom stereocenters. The van der Waals surface area contributed by atoms with Crippen molar-refractivity contribution in [1.82, 2.24) is 0 Å². The van der Waals surface area contributed by atoms with Gasteiger partial charge in [-0.05, 0) is 324 Å². The van der Waals surface area contributed by atoms with Crippen LogP contribution in [-0.4, -0.2) is 0 Å². The molecule has 814 valence electrons. The molecule has 0 N–H and O–H groups in total. The average Bonchev–Trinajstić information content (AvgIpc) is 1.62. The molecular formula is C141H250. The molecule has 32 fully saturated rings. The zero-order chi connectivity index (χ0) is 95.8. The lowest BCUT2D eigenvalue weighted by Crippen LogP contribution is -2.38. The number of fused-ring (bicyclic) bond motifs is 16. The van der Waals surface area contributed by atoms with Crippen LogP contribution >= 0.6 is 0 Å². The van der Waals surface area contributed by atoms with Gasteiger partial charge in [0.2, 0.25) is 0 Å². The van der Waals surface area contributed by atoms with Crippen LogP contribution in [0.4, 0.5) is 0 Å². The summed E-state index contributed by atoms with van der Waals surface area (Å²) >= 11 is 0. The first-order valence-electron chi connectivity index (χ1n) is 69.9. The number of rotatable bonds is 0. The SMILES string of the molecule is C1CC2CCCC2C1.C1CC2CCCC2C2CC2C1.C1CC2CCCC3CCC(C1)C23.C1CCC2C(C1)CCC1CCCCC12.C1CCC2CC3CCCCC3CC2C1.C1CCC2CCCCC2CC1.C1CCCC1.C1CCCCC1.C1CCCCCC1.C1CCCCCCC1.C1CC[C@H]2CCC[C@H]2C1.C1CC[C@H]2C[C@H]2C1.C1C[C@@H]2CC[C@@H]2C1.C1C[C@@H]2C[C@@H]2C1.C1C[C@H]2C[C@@H]12.CC12CCCCC1CCCC2. The molecule has 32 aliphatic carbocycles. The van der Waals surface area contributed by atoms with E-state index < -0.39 is 0 Å². The summed E-state index contributed by atoms with van der Waals surface area (Å²) in [4.78, 5) is 0. The van der Waals surface area contributed by atoms with Crippen molar-refractivity contribution in [3.63, 3.8) is 0 Å². The van der Waals surface area contributed by atoms with Gasteiger partial charge in [0, 0.05) is 0 Å². The van der Waals surface area contributed by atoms with Crippen molar-refractivity contribution in [2.24, 2.45) is 189 Å². The fourth-order valence-corrected chi connectivity index (χ4v) is 40.3. The Morgan fingerprint density at radius 2 is 0.248 bits per heavy atom. The second-order valence-electron chi connectivity index (χ2n) is 59.0. The first-order chi connectivity index (χ1) is 69.9. The van der Waals surface area contributed by atoms with Crippen LogP contribution in [0.5, 0.6) is 0 Å². The Kier molecular flexibility index (Phi) is 50.2. The molecular weight excluding hydrogens is 1690 g/mol. The van der Waals surface area contributed by atoms with E-state index in [0.717, 1.165) is 58.7 Å². The van der Waals surface area contributed by atoms with E-state index in [-0.39, 0.29) is 0 Å². The summed E-state index contributed by atoms with van der Waals surface area (Å²) in [7, 11) is 0. The molecule has 0 radical (unpaired) electrons. The summed E-state index contributed by atoms with van der Waals surface area (Å²) in [6.07, 6.45) is 167. The Balaban J connectivity index is 0.000000104. The first kappa shape index (κ1) is 112. The summed E-state index contributed by atoms with van der Waals surface area (Å²) in [6.45, 7) is 2.54. The smallest absolute Gasteiger partial charge is 0.0298 e. The lowest BCUT2D eigenvalue weighted by Gasteiger charge is -2.48. The molecule has 141 heavy (non-hydrogen) atoms. The maximum absolute atomic E-state index is 2.54. The van der Waals surface area contributed by atoms with Crippen molar-refractivity contribution < 1.29 is 0 Å². The molecule has 0 heterocycles. The summed E-state index contributed by atoms with van der Waals surface area (Å²) in [5.74, 6) is 36.5. The predicted molar refractivity (Wildman–Crippen MR) is 615 cm³/mol. The molecule has 0 aromatic rings. The molecule has 32 rings (SSSR count). The lowest BCUT2D eigenvalue weighted by molar-refractivity contribution is 0.0278. The minimum atomic E-state index is 0.774. The van der Waals surface area contributed by atoms with E-state index in [9.17, 15) is 0 Å². The van der Waals surface area contributed by atoms with Gasteiger partial charge in [0.25, 0.3) is 0 Å². The van der Waals surface area contributed by atoms with Gasteiger partial charge < -0.3 is 0 Å². The lowest BCUT2D eigenvalue weighted by atomic mass is 9.58. The van der Waals surface area contributed by atoms with Gasteiger partial charge in [0.15, 0.2) is 0 Å². The van der Waals surface area contributed by atoms with Crippen molar-refractivity contribution in [3.8, 4) is 0 Å². The molecule has 0 heteroatoms. The third kappa shape index (κ3) is 37.4. The monoisotopic (exact) mass is 1940 g/mol. The van der Waals surface area contributed by atoms with Crippen molar-refractivity contribution >= 4 is 0 Å². The third-order valence-electron chi connectivity index (χ3n) is 49.8. The Labute approximate surface area is 883 Å². The molecule has 32 saturated carbocycles. The van der Waals surface area contributed by atoms with Crippen molar-refractivity contribution in [2.45, 2.75) is 700 Å². The molecule has 0 aromatic heterocycles. The topological polar surface area (TPSA) is 0 Å². The van der Waals surface area contributed by atoms with Gasteiger partial charge in [-0.3, -0.25) is 0 Å². The maximum Gasteiger partial charge on any atom is -0.0298 e. The summed E-state index contributed by atoms with van der Waals surface area (Å²) in [6, 6.07) is 0. The van der Waals surface area contributed by atoms with E-state index in [1.54, 1.807) is 385 Å². The van der Waals surface area contributed by atoms with Crippen molar-refractivity contribution in [1.29, 1.82) is 0 Å². The number of hydrogen-bond donors (Lipinski definition) is 0. The highest BCUT2D eigenvalue weighted by Gasteiger charge is 2.51. The van der Waals surface area contributed by atoms with Crippen LogP contribution in [0.2, 0.25) is 0 Å². The second-order valence-corrected chi connectivity index (χ2v) is 59.0. The van der Waals surface area contributed by atoms with Gasteiger partial charge in [-0.2, -0.15) is 0 Å². The van der Waals surface area contributed by atoms with Crippen LogP contribution in [0.15, 0.2) is 0 Å². The minimum Gasteiger partial charge on any atom is -0.0594 e. The highest BCUT2D eigenvalue weighted by Crippen LogP contribution is 2.61. The fourth-order valence-electron chi connectivity index (χ4n) is 40.3. The second kappa shape index (κ2) is 63.1.